The van der Waals surface area contributed by atoms with E-state index in [1.54, 1.807) is 0 Å². The molecule has 316 valence electrons. The topological polar surface area (TPSA) is 15.3 Å². The highest BCUT2D eigenvalue weighted by molar-refractivity contribution is 6.53. The van der Waals surface area contributed by atoms with Crippen LogP contribution in [0.4, 0.5) is 11.4 Å². The van der Waals surface area contributed by atoms with Crippen molar-refractivity contribution in [3.05, 3.63) is 130 Å². The van der Waals surface area contributed by atoms with Crippen LogP contribution in [0.3, 0.4) is 0 Å². The Kier molecular flexibility index (Phi) is 13.6. The van der Waals surface area contributed by atoms with Crippen LogP contribution in [0.15, 0.2) is 85.2 Å². The fourth-order valence-electron chi connectivity index (χ4n) is 10.3. The Morgan fingerprint density at radius 3 is 1.17 bits per heavy atom. The van der Waals surface area contributed by atoms with Crippen LogP contribution in [0.25, 0.3) is 11.4 Å². The summed E-state index contributed by atoms with van der Waals surface area (Å²) in [5, 5.41) is 0. The molecule has 1 aliphatic rings. The molecule has 1 saturated heterocycles. The Hall–Kier alpha value is -4.25. The van der Waals surface area contributed by atoms with Gasteiger partial charge in [-0.3, -0.25) is 0 Å². The third-order valence-electron chi connectivity index (χ3n) is 13.4. The van der Waals surface area contributed by atoms with Crippen molar-refractivity contribution in [3.63, 3.8) is 0 Å². The molecule has 0 bridgehead atoms. The quantitative estimate of drug-likeness (QED) is 0.0822. The number of rotatable bonds is 14. The van der Waals surface area contributed by atoms with Crippen molar-refractivity contribution >= 4 is 24.4 Å². The molecule has 2 heterocycles. The van der Waals surface area contributed by atoms with Gasteiger partial charge in [-0.05, 0) is 69.6 Å². The molecule has 1 fully saturated rings. The smallest absolute Gasteiger partial charge is 0.135 e. The minimum Gasteiger partial charge on any atom is -0.384 e. The van der Waals surface area contributed by atoms with E-state index in [-0.39, 0.29) is 0 Å². The molecule has 0 aliphatic carbocycles. The zero-order valence-corrected chi connectivity index (χ0v) is 40.0. The predicted molar refractivity (Wildman–Crippen MR) is 260 cm³/mol. The molecule has 0 radical (unpaired) electrons. The maximum atomic E-state index is 2.89. The Morgan fingerprint density at radius 1 is 0.458 bits per heavy atom. The molecule has 5 heteroatoms. The fraction of sp³-hybridized carbons (Fsp3) is 0.500. The summed E-state index contributed by atoms with van der Waals surface area (Å²) in [6, 6.07) is 28.3. The van der Waals surface area contributed by atoms with Crippen LogP contribution >= 0.6 is 0 Å². The van der Waals surface area contributed by atoms with Gasteiger partial charge in [0.05, 0.1) is 12.4 Å². The Bertz CT molecular complexity index is 2030. The first-order valence-corrected chi connectivity index (χ1v) is 23.4. The van der Waals surface area contributed by atoms with Gasteiger partial charge in [-0.2, -0.15) is 0 Å². The third-order valence-corrected chi connectivity index (χ3v) is 13.4. The number of benzene rings is 4. The Morgan fingerprint density at radius 2 is 0.797 bits per heavy atom. The number of imidazole rings is 1. The highest BCUT2D eigenvalue weighted by Crippen LogP contribution is 2.42. The van der Waals surface area contributed by atoms with Gasteiger partial charge in [0.25, 0.3) is 0 Å². The molecule has 0 N–H and O–H groups in total. The number of hydrogen-bond acceptors (Lipinski definition) is 2. The zero-order chi connectivity index (χ0) is 43.0. The van der Waals surface area contributed by atoms with Gasteiger partial charge in [0.1, 0.15) is 31.0 Å². The molecule has 0 unspecified atom stereocenters. The Balaban J connectivity index is 1.69. The van der Waals surface area contributed by atoms with Gasteiger partial charge in [0.15, 0.2) is 0 Å². The molecule has 1 aromatic heterocycles. The van der Waals surface area contributed by atoms with Crippen molar-refractivity contribution < 1.29 is 4.57 Å². The Labute approximate surface area is 360 Å². The lowest BCUT2D eigenvalue weighted by molar-refractivity contribution is -0.576. The van der Waals surface area contributed by atoms with Crippen molar-refractivity contribution in [2.45, 2.75) is 164 Å². The average molecular weight is 793 g/mol. The molecular formula is C54H77BN4. The van der Waals surface area contributed by atoms with Gasteiger partial charge in [-0.1, -0.05) is 190 Å². The van der Waals surface area contributed by atoms with E-state index in [0.29, 0.717) is 53.3 Å². The van der Waals surface area contributed by atoms with Crippen molar-refractivity contribution in [1.82, 2.24) is 4.57 Å². The summed E-state index contributed by atoms with van der Waals surface area (Å²) in [6.45, 7) is 39.9. The summed E-state index contributed by atoms with van der Waals surface area (Å²) in [5.41, 5.74) is 18.8. The van der Waals surface area contributed by atoms with Crippen molar-refractivity contribution in [3.8, 4) is 11.4 Å². The lowest BCUT2D eigenvalue weighted by Gasteiger charge is -2.35. The molecule has 6 rings (SSSR count). The first kappa shape index (κ1) is 44.3. The van der Waals surface area contributed by atoms with E-state index in [2.05, 4.69) is 215 Å². The van der Waals surface area contributed by atoms with Crippen LogP contribution in [0, 0.1) is 0 Å². The molecular weight excluding hydrogens is 715 g/mol. The van der Waals surface area contributed by atoms with Crippen LogP contribution in [-0.4, -0.2) is 31.0 Å². The van der Waals surface area contributed by atoms with E-state index in [1.165, 1.54) is 73.0 Å². The van der Waals surface area contributed by atoms with Crippen molar-refractivity contribution in [2.24, 2.45) is 0 Å². The van der Waals surface area contributed by atoms with Crippen LogP contribution in [0.2, 0.25) is 0 Å². The second-order valence-corrected chi connectivity index (χ2v) is 20.4. The lowest BCUT2D eigenvalue weighted by atomic mass is 9.66. The third kappa shape index (κ3) is 8.69. The molecule has 1 aliphatic heterocycles. The zero-order valence-electron chi connectivity index (χ0n) is 40.0. The summed E-state index contributed by atoms with van der Waals surface area (Å²) in [6.07, 6.45) is 4.85. The molecule has 4 nitrogen and oxygen atoms in total. The van der Waals surface area contributed by atoms with Gasteiger partial charge in [-0.15, -0.1) is 0 Å². The van der Waals surface area contributed by atoms with Gasteiger partial charge >= 0.3 is 0 Å². The summed E-state index contributed by atoms with van der Waals surface area (Å²) < 4.78 is 5.35. The van der Waals surface area contributed by atoms with Crippen molar-refractivity contribution in [2.75, 3.05) is 23.0 Å². The second kappa shape index (κ2) is 18.2. The summed E-state index contributed by atoms with van der Waals surface area (Å²) in [5.74, 6) is 3.63. The van der Waals surface area contributed by atoms with Crippen LogP contribution in [0.1, 0.15) is 203 Å². The summed E-state index contributed by atoms with van der Waals surface area (Å²) >= 11 is 0. The summed E-state index contributed by atoms with van der Waals surface area (Å²) in [7, 11) is -0.867. The maximum absolute atomic E-state index is 2.89. The van der Waals surface area contributed by atoms with E-state index >= 15 is 0 Å². The van der Waals surface area contributed by atoms with Crippen molar-refractivity contribution in [1.29, 1.82) is 0 Å². The van der Waals surface area contributed by atoms with Gasteiger partial charge < -0.3 is 9.80 Å². The normalized spacial score (nSPS) is 15.0. The molecule has 5 aromatic rings. The molecule has 0 spiro atoms. The average Bonchev–Trinajstić information content (AvgIpc) is 3.80. The largest absolute Gasteiger partial charge is 0.384 e. The van der Waals surface area contributed by atoms with Gasteiger partial charge in [0, 0.05) is 40.2 Å². The number of hydrogen-bond donors (Lipinski definition) is 0. The molecule has 0 amide bonds. The van der Waals surface area contributed by atoms with Gasteiger partial charge in [0.2, 0.25) is 0 Å². The minimum atomic E-state index is -0.867. The lowest BCUT2D eigenvalue weighted by Crippen LogP contribution is -2.57. The fourth-order valence-corrected chi connectivity index (χ4v) is 10.3. The number of anilines is 2. The van der Waals surface area contributed by atoms with E-state index < -0.39 is 7.28 Å². The first-order chi connectivity index (χ1) is 27.9. The minimum absolute atomic E-state index is 0.343. The maximum Gasteiger partial charge on any atom is 0.135 e. The number of nitrogens with zero attached hydrogens (tertiary/aromatic N) is 4. The standard InChI is InChI=1S/C54H77BN4/c1-33(2)41-21-17-22-42(34(3)4)50(41)56-31-49(59(32-56)53-47(39(13)14)27-20-28-48(53)40(15)16)55-54-57(51-43(35(5)6)23-18-24-44(51)36(7)8)29-30-58(54)52-45(37(9)10)25-19-26-46(52)38(11)12/h17-30,33-40,49H,31-32,55H2,1-16H3/t49-/m1/s1. The molecule has 1 atom stereocenters. The summed E-state index contributed by atoms with van der Waals surface area (Å²) in [4.78, 5) is 5.68. The SMILES string of the molecule is CC(C)c1cccc(C(C)C)c1N1C[C@H]([BH2-]c2n(-c3c(C(C)C)cccc3C(C)C)cc[n+]2-c2c(C(C)C)cccc2C(C)C)N(c2c(C(C)C)cccc2C(C)C)C1. The van der Waals surface area contributed by atoms with Crippen LogP contribution in [0.5, 0.6) is 0 Å². The number of para-hydroxylation sites is 4. The number of aromatic nitrogens is 2. The van der Waals surface area contributed by atoms with Gasteiger partial charge in [-0.25, -0.2) is 9.13 Å². The highest BCUT2D eigenvalue weighted by atomic mass is 15.4. The van der Waals surface area contributed by atoms with E-state index in [0.717, 1.165) is 13.2 Å². The monoisotopic (exact) mass is 793 g/mol. The molecule has 59 heavy (non-hydrogen) atoms. The van der Waals surface area contributed by atoms with E-state index in [1.807, 2.05) is 0 Å². The first-order valence-electron chi connectivity index (χ1n) is 23.4. The predicted octanol–water partition coefficient (Wildman–Crippen LogP) is 12.8. The van der Waals surface area contributed by atoms with E-state index in [4.69, 9.17) is 0 Å². The van der Waals surface area contributed by atoms with Crippen LogP contribution in [-0.2, 0) is 0 Å². The molecule has 0 saturated carbocycles. The second-order valence-electron chi connectivity index (χ2n) is 20.4. The van der Waals surface area contributed by atoms with Crippen LogP contribution < -0.4 is 20.1 Å². The van der Waals surface area contributed by atoms with E-state index in [9.17, 15) is 0 Å². The molecule has 4 aromatic carbocycles. The highest BCUT2D eigenvalue weighted by Gasteiger charge is 2.37.